The SMILES string of the molecule is CS(=O)(=O)c1ccccc1OC[C@@H]1CO1. The number of para-hydroxylation sites is 1. The molecule has 0 unspecified atom stereocenters. The van der Waals surface area contributed by atoms with Crippen molar-refractivity contribution < 1.29 is 17.9 Å². The molecule has 5 heteroatoms. The highest BCUT2D eigenvalue weighted by Crippen LogP contribution is 2.24. The lowest BCUT2D eigenvalue weighted by atomic mass is 10.3. The fourth-order valence-corrected chi connectivity index (χ4v) is 2.04. The van der Waals surface area contributed by atoms with Gasteiger partial charge in [-0.25, -0.2) is 8.42 Å². The molecule has 1 aliphatic heterocycles. The highest BCUT2D eigenvalue weighted by molar-refractivity contribution is 7.90. The molecule has 0 bridgehead atoms. The third-order valence-electron chi connectivity index (χ3n) is 2.08. The van der Waals surface area contributed by atoms with Crippen LogP contribution >= 0.6 is 0 Å². The topological polar surface area (TPSA) is 55.9 Å². The molecule has 0 aliphatic carbocycles. The van der Waals surface area contributed by atoms with Crippen LogP contribution in [0.4, 0.5) is 0 Å². The first-order chi connectivity index (χ1) is 7.07. The lowest BCUT2D eigenvalue weighted by molar-refractivity contribution is 0.258. The van der Waals surface area contributed by atoms with Crippen molar-refractivity contribution in [1.29, 1.82) is 0 Å². The van der Waals surface area contributed by atoms with Gasteiger partial charge in [0, 0.05) is 6.26 Å². The molecule has 1 fully saturated rings. The molecule has 0 N–H and O–H groups in total. The van der Waals surface area contributed by atoms with E-state index in [0.29, 0.717) is 19.0 Å². The highest BCUT2D eigenvalue weighted by Gasteiger charge is 2.24. The van der Waals surface area contributed by atoms with Crippen LogP contribution in [-0.2, 0) is 14.6 Å². The van der Waals surface area contributed by atoms with Gasteiger partial charge in [0.1, 0.15) is 23.4 Å². The number of benzene rings is 1. The second-order valence-corrected chi connectivity index (χ2v) is 5.47. The van der Waals surface area contributed by atoms with Crippen molar-refractivity contribution in [2.45, 2.75) is 11.0 Å². The molecule has 82 valence electrons. The zero-order chi connectivity index (χ0) is 10.9. The molecule has 1 saturated heterocycles. The van der Waals surface area contributed by atoms with Crippen molar-refractivity contribution in [2.75, 3.05) is 19.5 Å². The zero-order valence-corrected chi connectivity index (χ0v) is 9.16. The van der Waals surface area contributed by atoms with E-state index < -0.39 is 9.84 Å². The lowest BCUT2D eigenvalue weighted by Crippen LogP contribution is -2.07. The molecule has 1 aromatic carbocycles. The molecule has 1 atom stereocenters. The summed E-state index contributed by atoms with van der Waals surface area (Å²) < 4.78 is 33.2. The summed E-state index contributed by atoms with van der Waals surface area (Å²) in [6.07, 6.45) is 1.29. The average Bonchev–Trinajstić information content (AvgIpc) is 2.97. The Morgan fingerprint density at radius 1 is 1.47 bits per heavy atom. The van der Waals surface area contributed by atoms with E-state index in [1.807, 2.05) is 0 Å². The van der Waals surface area contributed by atoms with Gasteiger partial charge < -0.3 is 9.47 Å². The summed E-state index contributed by atoms with van der Waals surface area (Å²) in [6, 6.07) is 6.62. The maximum atomic E-state index is 11.4. The monoisotopic (exact) mass is 228 g/mol. The molecule has 2 rings (SSSR count). The van der Waals surface area contributed by atoms with Crippen LogP contribution in [0.2, 0.25) is 0 Å². The molecule has 15 heavy (non-hydrogen) atoms. The minimum atomic E-state index is -3.23. The number of ether oxygens (including phenoxy) is 2. The van der Waals surface area contributed by atoms with Crippen LogP contribution in [0.5, 0.6) is 5.75 Å². The van der Waals surface area contributed by atoms with Crippen molar-refractivity contribution in [2.24, 2.45) is 0 Å². The largest absolute Gasteiger partial charge is 0.489 e. The Bertz CT molecular complexity index is 448. The van der Waals surface area contributed by atoms with Crippen LogP contribution in [0.25, 0.3) is 0 Å². The average molecular weight is 228 g/mol. The smallest absolute Gasteiger partial charge is 0.179 e. The summed E-state index contributed by atoms with van der Waals surface area (Å²) in [5, 5.41) is 0. The molecule has 0 saturated carbocycles. The normalized spacial score (nSPS) is 19.9. The van der Waals surface area contributed by atoms with Gasteiger partial charge in [-0.15, -0.1) is 0 Å². The maximum Gasteiger partial charge on any atom is 0.179 e. The van der Waals surface area contributed by atoms with Gasteiger partial charge in [-0.1, -0.05) is 12.1 Å². The van der Waals surface area contributed by atoms with Crippen molar-refractivity contribution in [3.8, 4) is 5.75 Å². The van der Waals surface area contributed by atoms with Gasteiger partial charge in [-0.3, -0.25) is 0 Å². The summed E-state index contributed by atoms with van der Waals surface area (Å²) in [7, 11) is -3.23. The first-order valence-corrected chi connectivity index (χ1v) is 6.50. The van der Waals surface area contributed by atoms with E-state index in [9.17, 15) is 8.42 Å². The molecular weight excluding hydrogens is 216 g/mol. The zero-order valence-electron chi connectivity index (χ0n) is 8.34. The summed E-state index contributed by atoms with van der Waals surface area (Å²) in [4.78, 5) is 0.227. The minimum Gasteiger partial charge on any atom is -0.489 e. The first-order valence-electron chi connectivity index (χ1n) is 4.61. The van der Waals surface area contributed by atoms with E-state index in [2.05, 4.69) is 0 Å². The Balaban J connectivity index is 2.20. The number of hydrogen-bond acceptors (Lipinski definition) is 4. The minimum absolute atomic E-state index is 0.123. The number of rotatable bonds is 4. The summed E-state index contributed by atoms with van der Waals surface area (Å²) in [5.74, 6) is 0.399. The van der Waals surface area contributed by atoms with E-state index in [0.717, 1.165) is 0 Å². The lowest BCUT2D eigenvalue weighted by Gasteiger charge is -2.08. The second-order valence-electron chi connectivity index (χ2n) is 3.49. The predicted octanol–water partition coefficient (Wildman–Crippen LogP) is 0.868. The van der Waals surface area contributed by atoms with Crippen molar-refractivity contribution in [3.05, 3.63) is 24.3 Å². The quantitative estimate of drug-likeness (QED) is 0.717. The van der Waals surface area contributed by atoms with Crippen molar-refractivity contribution >= 4 is 9.84 Å². The van der Waals surface area contributed by atoms with Gasteiger partial charge >= 0.3 is 0 Å². The van der Waals surface area contributed by atoms with E-state index >= 15 is 0 Å². The standard InChI is InChI=1S/C10H12O4S/c1-15(11,12)10-5-3-2-4-9(10)14-7-8-6-13-8/h2-5,8H,6-7H2,1H3/t8-/m0/s1. The van der Waals surface area contributed by atoms with Crippen LogP contribution in [0.15, 0.2) is 29.2 Å². The van der Waals surface area contributed by atoms with Crippen LogP contribution in [-0.4, -0.2) is 34.0 Å². The van der Waals surface area contributed by atoms with E-state index in [1.165, 1.54) is 6.26 Å². The number of sulfone groups is 1. The second kappa shape index (κ2) is 3.83. The van der Waals surface area contributed by atoms with Gasteiger partial charge in [0.05, 0.1) is 6.61 Å². The van der Waals surface area contributed by atoms with Crippen LogP contribution in [0.1, 0.15) is 0 Å². The van der Waals surface area contributed by atoms with Gasteiger partial charge in [0.15, 0.2) is 9.84 Å². The Hall–Kier alpha value is -1.07. The molecule has 0 radical (unpaired) electrons. The fraction of sp³-hybridized carbons (Fsp3) is 0.400. The van der Waals surface area contributed by atoms with E-state index in [1.54, 1.807) is 24.3 Å². The molecule has 1 heterocycles. The van der Waals surface area contributed by atoms with Crippen LogP contribution in [0, 0.1) is 0 Å². The summed E-state index contributed by atoms with van der Waals surface area (Å²) in [5.41, 5.74) is 0. The van der Waals surface area contributed by atoms with Crippen LogP contribution in [0.3, 0.4) is 0 Å². The summed E-state index contributed by atoms with van der Waals surface area (Å²) in [6.45, 7) is 1.10. The predicted molar refractivity (Wildman–Crippen MR) is 54.8 cm³/mol. The summed E-state index contributed by atoms with van der Waals surface area (Å²) >= 11 is 0. The molecule has 0 aromatic heterocycles. The van der Waals surface area contributed by atoms with E-state index in [-0.39, 0.29) is 11.0 Å². The Morgan fingerprint density at radius 2 is 2.13 bits per heavy atom. The van der Waals surface area contributed by atoms with E-state index in [4.69, 9.17) is 9.47 Å². The molecule has 4 nitrogen and oxygen atoms in total. The molecule has 0 amide bonds. The number of epoxide rings is 1. The third kappa shape index (κ3) is 2.70. The van der Waals surface area contributed by atoms with Gasteiger partial charge in [-0.2, -0.15) is 0 Å². The highest BCUT2D eigenvalue weighted by atomic mass is 32.2. The Labute approximate surface area is 88.7 Å². The van der Waals surface area contributed by atoms with Crippen LogP contribution < -0.4 is 4.74 Å². The molecule has 1 aliphatic rings. The van der Waals surface area contributed by atoms with Crippen molar-refractivity contribution in [1.82, 2.24) is 0 Å². The first kappa shape index (κ1) is 10.4. The maximum absolute atomic E-state index is 11.4. The van der Waals surface area contributed by atoms with Gasteiger partial charge in [0.2, 0.25) is 0 Å². The molecule has 0 spiro atoms. The number of hydrogen-bond donors (Lipinski definition) is 0. The van der Waals surface area contributed by atoms with Gasteiger partial charge in [0.25, 0.3) is 0 Å². The molecule has 1 aromatic rings. The Morgan fingerprint density at radius 3 is 2.73 bits per heavy atom. The van der Waals surface area contributed by atoms with Crippen molar-refractivity contribution in [3.63, 3.8) is 0 Å². The third-order valence-corrected chi connectivity index (χ3v) is 3.21. The Kier molecular flexibility index (Phi) is 2.67. The molecular formula is C10H12O4S. The fourth-order valence-electron chi connectivity index (χ4n) is 1.22. The van der Waals surface area contributed by atoms with Gasteiger partial charge in [-0.05, 0) is 12.1 Å².